The van der Waals surface area contributed by atoms with E-state index in [-0.39, 0.29) is 19.1 Å². The minimum atomic E-state index is -1.02. The van der Waals surface area contributed by atoms with Crippen molar-refractivity contribution in [2.24, 2.45) is 0 Å². The molecule has 0 bridgehead atoms. The van der Waals surface area contributed by atoms with Gasteiger partial charge in [0.1, 0.15) is 18.8 Å². The molecule has 0 saturated carbocycles. The summed E-state index contributed by atoms with van der Waals surface area (Å²) in [5, 5.41) is 5.25. The second-order valence-electron chi connectivity index (χ2n) is 10.3. The molecule has 0 heterocycles. The van der Waals surface area contributed by atoms with Crippen LogP contribution < -0.4 is 5.32 Å². The van der Waals surface area contributed by atoms with Crippen LogP contribution in [0, 0.1) is 6.92 Å². The molecule has 0 aliphatic carbocycles. The Hall–Kier alpha value is -4.10. The number of nitrogens with one attached hydrogen (secondary N) is 1. The number of ether oxygens (including phenoxy) is 2. The molecule has 0 aromatic heterocycles. The lowest BCUT2D eigenvalue weighted by Gasteiger charge is -2.33. The normalized spacial score (nSPS) is 11.2. The van der Waals surface area contributed by atoms with Gasteiger partial charge in [0.25, 0.3) is 0 Å². The van der Waals surface area contributed by atoms with Crippen molar-refractivity contribution in [3.8, 4) is 11.1 Å². The highest BCUT2D eigenvalue weighted by Crippen LogP contribution is 2.37. The maximum absolute atomic E-state index is 12.0. The third kappa shape index (κ3) is 8.21. The zero-order valence-electron chi connectivity index (χ0n) is 23.9. The van der Waals surface area contributed by atoms with E-state index in [9.17, 15) is 14.4 Å². The molecular formula is C34H35NO5S. The molecule has 0 unspecified atom stereocenters. The lowest BCUT2D eigenvalue weighted by Crippen LogP contribution is -2.55. The molecule has 0 fully saturated rings. The van der Waals surface area contributed by atoms with Gasteiger partial charge in [-0.15, -0.1) is 0 Å². The SMILES string of the molecule is CC(=O)NC(CCc1ccc(-c2cccc3c(Sc4cccc(C)c4)cccc23)cc1)(COC(C)=O)COC(C)=O. The van der Waals surface area contributed by atoms with E-state index in [0.29, 0.717) is 12.8 Å². The predicted octanol–water partition coefficient (Wildman–Crippen LogP) is 6.90. The van der Waals surface area contributed by atoms with Crippen LogP contribution in [0.25, 0.3) is 21.9 Å². The number of amides is 1. The van der Waals surface area contributed by atoms with Crippen molar-refractivity contribution < 1.29 is 23.9 Å². The number of benzene rings is 4. The standard InChI is InChI=1S/C34H35NO5S/c1-23-8-5-9-29(20-23)41-33-13-7-11-31-30(10-6-12-32(31)33)28-16-14-27(15-17-28)18-19-34(35-24(2)36,21-39-25(3)37)22-40-26(4)38/h5-17,20H,18-19,21-22H2,1-4H3,(H,35,36). The van der Waals surface area contributed by atoms with Gasteiger partial charge in [-0.05, 0) is 65.4 Å². The average Bonchev–Trinajstić information content (AvgIpc) is 2.94. The molecule has 0 spiro atoms. The number of carbonyl (C=O) groups excluding carboxylic acids is 3. The van der Waals surface area contributed by atoms with Crippen LogP contribution in [0.4, 0.5) is 0 Å². The second-order valence-corrected chi connectivity index (χ2v) is 11.4. The number of carbonyl (C=O) groups is 3. The van der Waals surface area contributed by atoms with Gasteiger partial charge in [-0.3, -0.25) is 14.4 Å². The van der Waals surface area contributed by atoms with Crippen LogP contribution in [0.2, 0.25) is 0 Å². The van der Waals surface area contributed by atoms with Crippen LogP contribution >= 0.6 is 11.8 Å². The molecule has 41 heavy (non-hydrogen) atoms. The number of rotatable bonds is 11. The summed E-state index contributed by atoms with van der Waals surface area (Å²) in [7, 11) is 0. The maximum Gasteiger partial charge on any atom is 0.302 e. The van der Waals surface area contributed by atoms with Crippen LogP contribution in [0.15, 0.2) is 94.7 Å². The van der Waals surface area contributed by atoms with Crippen molar-refractivity contribution in [3.63, 3.8) is 0 Å². The molecule has 1 N–H and O–H groups in total. The van der Waals surface area contributed by atoms with Gasteiger partial charge in [0.2, 0.25) is 5.91 Å². The number of hydrogen-bond acceptors (Lipinski definition) is 6. The van der Waals surface area contributed by atoms with E-state index in [1.165, 1.54) is 46.9 Å². The Morgan fingerprint density at radius 1 is 0.780 bits per heavy atom. The highest BCUT2D eigenvalue weighted by atomic mass is 32.2. The molecule has 4 aromatic rings. The summed E-state index contributed by atoms with van der Waals surface area (Å²) >= 11 is 1.77. The lowest BCUT2D eigenvalue weighted by molar-refractivity contribution is -0.150. The summed E-state index contributed by atoms with van der Waals surface area (Å²) in [4.78, 5) is 37.5. The summed E-state index contributed by atoms with van der Waals surface area (Å²) in [6, 6.07) is 29.7. The Labute approximate surface area is 245 Å². The highest BCUT2D eigenvalue weighted by Gasteiger charge is 2.34. The van der Waals surface area contributed by atoms with E-state index in [1.54, 1.807) is 11.8 Å². The Balaban J connectivity index is 1.56. The van der Waals surface area contributed by atoms with Gasteiger partial charge in [-0.1, -0.05) is 84.1 Å². The van der Waals surface area contributed by atoms with Crippen molar-refractivity contribution in [1.82, 2.24) is 5.32 Å². The fourth-order valence-corrected chi connectivity index (χ4v) is 5.92. The van der Waals surface area contributed by atoms with Crippen molar-refractivity contribution in [3.05, 3.63) is 96.1 Å². The summed E-state index contributed by atoms with van der Waals surface area (Å²) in [6.07, 6.45) is 0.996. The summed E-state index contributed by atoms with van der Waals surface area (Å²) in [5.74, 6) is -1.24. The molecule has 4 rings (SSSR count). The number of esters is 2. The molecule has 4 aromatic carbocycles. The average molecular weight is 570 g/mol. The van der Waals surface area contributed by atoms with Gasteiger partial charge in [0.15, 0.2) is 0 Å². The largest absolute Gasteiger partial charge is 0.463 e. The topological polar surface area (TPSA) is 81.7 Å². The van der Waals surface area contributed by atoms with Gasteiger partial charge in [-0.25, -0.2) is 0 Å². The third-order valence-corrected chi connectivity index (χ3v) is 7.87. The molecule has 0 atom stereocenters. The molecule has 7 heteroatoms. The minimum absolute atomic E-state index is 0.0911. The van der Waals surface area contributed by atoms with Gasteiger partial charge >= 0.3 is 11.9 Å². The van der Waals surface area contributed by atoms with E-state index in [4.69, 9.17) is 9.47 Å². The Kier molecular flexibility index (Phi) is 9.84. The summed E-state index contributed by atoms with van der Waals surface area (Å²) in [6.45, 7) is 5.92. The first-order valence-corrected chi connectivity index (χ1v) is 14.4. The molecule has 212 valence electrons. The van der Waals surface area contributed by atoms with E-state index in [1.807, 2.05) is 0 Å². The number of fused-ring (bicyclic) bond motifs is 1. The molecule has 0 saturated heterocycles. The van der Waals surface area contributed by atoms with E-state index in [0.717, 1.165) is 16.7 Å². The van der Waals surface area contributed by atoms with Crippen LogP contribution in [0.3, 0.4) is 0 Å². The zero-order chi connectivity index (χ0) is 29.4. The van der Waals surface area contributed by atoms with E-state index < -0.39 is 17.5 Å². The van der Waals surface area contributed by atoms with Crippen molar-refractivity contribution in [2.75, 3.05) is 13.2 Å². The van der Waals surface area contributed by atoms with E-state index >= 15 is 0 Å². The zero-order valence-corrected chi connectivity index (χ0v) is 24.7. The number of aryl methyl sites for hydroxylation is 2. The smallest absolute Gasteiger partial charge is 0.302 e. The Bertz CT molecular complexity index is 1530. The summed E-state index contributed by atoms with van der Waals surface area (Å²) in [5.41, 5.74) is 3.51. The molecule has 0 aliphatic rings. The lowest BCUT2D eigenvalue weighted by atomic mass is 9.91. The second kappa shape index (κ2) is 13.5. The first kappa shape index (κ1) is 29.9. The van der Waals surface area contributed by atoms with Crippen LogP contribution in [0.5, 0.6) is 0 Å². The maximum atomic E-state index is 12.0. The Morgan fingerprint density at radius 2 is 1.41 bits per heavy atom. The van der Waals surface area contributed by atoms with Gasteiger partial charge < -0.3 is 14.8 Å². The minimum Gasteiger partial charge on any atom is -0.463 e. The van der Waals surface area contributed by atoms with Crippen LogP contribution in [-0.4, -0.2) is 36.6 Å². The van der Waals surface area contributed by atoms with Crippen LogP contribution in [-0.2, 0) is 30.3 Å². The summed E-state index contributed by atoms with van der Waals surface area (Å²) < 4.78 is 10.5. The van der Waals surface area contributed by atoms with Gasteiger partial charge in [0.05, 0.1) is 0 Å². The molecule has 6 nitrogen and oxygen atoms in total. The third-order valence-electron chi connectivity index (χ3n) is 6.80. The molecule has 0 aliphatic heterocycles. The predicted molar refractivity (Wildman–Crippen MR) is 163 cm³/mol. The van der Waals surface area contributed by atoms with Crippen LogP contribution in [0.1, 0.15) is 38.3 Å². The van der Waals surface area contributed by atoms with Gasteiger partial charge in [-0.2, -0.15) is 0 Å². The molecule has 0 radical (unpaired) electrons. The molecule has 1 amide bonds. The quantitative estimate of drug-likeness (QED) is 0.198. The Morgan fingerprint density at radius 3 is 2.05 bits per heavy atom. The monoisotopic (exact) mass is 569 g/mol. The first-order chi connectivity index (χ1) is 19.6. The van der Waals surface area contributed by atoms with Crippen molar-refractivity contribution >= 4 is 40.4 Å². The molecular weight excluding hydrogens is 534 g/mol. The first-order valence-electron chi connectivity index (χ1n) is 13.6. The number of hydrogen-bond donors (Lipinski definition) is 1. The fourth-order valence-electron chi connectivity index (χ4n) is 4.84. The van der Waals surface area contributed by atoms with Gasteiger partial charge in [0, 0.05) is 30.6 Å². The van der Waals surface area contributed by atoms with Crippen molar-refractivity contribution in [2.45, 2.75) is 55.9 Å². The fraction of sp³-hybridized carbons (Fsp3) is 0.265. The van der Waals surface area contributed by atoms with Crippen molar-refractivity contribution in [1.29, 1.82) is 0 Å². The van der Waals surface area contributed by atoms with E-state index in [2.05, 4.69) is 97.2 Å². The highest BCUT2D eigenvalue weighted by molar-refractivity contribution is 7.99.